The molecule has 1 heterocycles. The predicted molar refractivity (Wildman–Crippen MR) is 78.9 cm³/mol. The van der Waals surface area contributed by atoms with Gasteiger partial charge in [0.1, 0.15) is 5.58 Å². The molecule has 0 radical (unpaired) electrons. The van der Waals surface area contributed by atoms with Gasteiger partial charge in [-0.05, 0) is 17.7 Å². The van der Waals surface area contributed by atoms with Gasteiger partial charge in [0, 0.05) is 12.1 Å². The summed E-state index contributed by atoms with van der Waals surface area (Å²) in [5, 5.41) is 10.9. The van der Waals surface area contributed by atoms with Crippen LogP contribution in [0.2, 0.25) is 0 Å². The van der Waals surface area contributed by atoms with Gasteiger partial charge >= 0.3 is 5.76 Å². The van der Waals surface area contributed by atoms with Crippen molar-refractivity contribution < 1.29 is 9.34 Å². The van der Waals surface area contributed by atoms with Crippen molar-refractivity contribution in [1.29, 1.82) is 0 Å². The minimum absolute atomic E-state index is 0.00993. The summed E-state index contributed by atoms with van der Waals surface area (Å²) in [6.07, 6.45) is 0. The Bertz CT molecular complexity index is 970. The Balaban J connectivity index is 2.05. The number of benzene rings is 2. The number of rotatable bonds is 3. The number of non-ortho nitro benzene ring substituents is 1. The standard InChI is InChI=1S/C15H10N2O5/c18-14-12-3-1-2-4-13(12)22-15(19)16(14)9-10-5-7-11(8-6-10)17(20)21/h1-8H,9H2. The normalized spacial score (nSPS) is 10.7. The molecule has 7 heteroatoms. The molecule has 1 aromatic heterocycles. The zero-order valence-electron chi connectivity index (χ0n) is 11.3. The molecule has 0 aliphatic heterocycles. The first-order valence-electron chi connectivity index (χ1n) is 6.42. The molecule has 0 saturated carbocycles. The molecule has 3 rings (SSSR count). The third-order valence-electron chi connectivity index (χ3n) is 3.27. The summed E-state index contributed by atoms with van der Waals surface area (Å²) in [5.74, 6) is -0.762. The maximum absolute atomic E-state index is 12.3. The number of aromatic nitrogens is 1. The summed E-state index contributed by atoms with van der Waals surface area (Å²) >= 11 is 0. The summed E-state index contributed by atoms with van der Waals surface area (Å²) < 4.78 is 6.07. The maximum atomic E-state index is 12.3. The molecule has 0 spiro atoms. The van der Waals surface area contributed by atoms with Crippen LogP contribution < -0.4 is 11.3 Å². The topological polar surface area (TPSA) is 95.3 Å². The summed E-state index contributed by atoms with van der Waals surface area (Å²) in [6.45, 7) is -0.00993. The molecule has 110 valence electrons. The average molecular weight is 298 g/mol. The van der Waals surface area contributed by atoms with Gasteiger partial charge in [0.05, 0.1) is 16.9 Å². The van der Waals surface area contributed by atoms with E-state index in [0.29, 0.717) is 10.9 Å². The lowest BCUT2D eigenvalue weighted by molar-refractivity contribution is -0.384. The third-order valence-corrected chi connectivity index (χ3v) is 3.27. The molecule has 0 aliphatic carbocycles. The molecule has 0 fully saturated rings. The lowest BCUT2D eigenvalue weighted by Gasteiger charge is -2.05. The highest BCUT2D eigenvalue weighted by Crippen LogP contribution is 2.12. The highest BCUT2D eigenvalue weighted by atomic mass is 16.6. The van der Waals surface area contributed by atoms with Crippen molar-refractivity contribution in [2.45, 2.75) is 6.54 Å². The van der Waals surface area contributed by atoms with E-state index in [2.05, 4.69) is 0 Å². The molecule has 0 bridgehead atoms. The number of hydrogen-bond donors (Lipinski definition) is 0. The van der Waals surface area contributed by atoms with Crippen LogP contribution in [0.25, 0.3) is 11.0 Å². The molecule has 22 heavy (non-hydrogen) atoms. The lowest BCUT2D eigenvalue weighted by atomic mass is 10.2. The molecular weight excluding hydrogens is 288 g/mol. The summed E-state index contributed by atoms with van der Waals surface area (Å²) in [5.41, 5.74) is 0.319. The van der Waals surface area contributed by atoms with Crippen molar-refractivity contribution >= 4 is 16.7 Å². The Morgan fingerprint density at radius 1 is 1.05 bits per heavy atom. The van der Waals surface area contributed by atoms with Crippen LogP contribution in [0.1, 0.15) is 5.56 Å². The monoisotopic (exact) mass is 298 g/mol. The zero-order chi connectivity index (χ0) is 15.7. The van der Waals surface area contributed by atoms with Crippen LogP contribution in [0.3, 0.4) is 0 Å². The van der Waals surface area contributed by atoms with E-state index in [9.17, 15) is 19.7 Å². The average Bonchev–Trinajstić information content (AvgIpc) is 2.52. The summed E-state index contributed by atoms with van der Waals surface area (Å²) in [7, 11) is 0. The van der Waals surface area contributed by atoms with Gasteiger partial charge in [-0.15, -0.1) is 0 Å². The van der Waals surface area contributed by atoms with E-state index in [0.717, 1.165) is 4.57 Å². The highest BCUT2D eigenvalue weighted by Gasteiger charge is 2.10. The van der Waals surface area contributed by atoms with Gasteiger partial charge < -0.3 is 4.42 Å². The van der Waals surface area contributed by atoms with Crippen LogP contribution in [-0.4, -0.2) is 9.49 Å². The molecule has 0 saturated heterocycles. The van der Waals surface area contributed by atoms with Gasteiger partial charge in [-0.2, -0.15) is 0 Å². The van der Waals surface area contributed by atoms with Crippen molar-refractivity contribution in [3.8, 4) is 0 Å². The van der Waals surface area contributed by atoms with E-state index < -0.39 is 16.2 Å². The first-order valence-corrected chi connectivity index (χ1v) is 6.42. The quantitative estimate of drug-likeness (QED) is 0.543. The van der Waals surface area contributed by atoms with Crippen LogP contribution in [0.5, 0.6) is 0 Å². The van der Waals surface area contributed by atoms with Gasteiger partial charge in [-0.25, -0.2) is 9.36 Å². The smallest absolute Gasteiger partial charge is 0.409 e. The van der Waals surface area contributed by atoms with E-state index in [1.807, 2.05) is 0 Å². The number of nitro groups is 1. The number of para-hydroxylation sites is 1. The SMILES string of the molecule is O=c1oc2ccccc2c(=O)n1Cc1ccc([N+](=O)[O-])cc1. The molecule has 3 aromatic rings. The Morgan fingerprint density at radius 2 is 1.73 bits per heavy atom. The third kappa shape index (κ3) is 2.39. The second-order valence-corrected chi connectivity index (χ2v) is 4.68. The fraction of sp³-hybridized carbons (Fsp3) is 0.0667. The molecule has 0 amide bonds. The van der Waals surface area contributed by atoms with E-state index in [1.54, 1.807) is 24.3 Å². The summed E-state index contributed by atoms with van der Waals surface area (Å²) in [4.78, 5) is 34.3. The number of nitrogens with zero attached hydrogens (tertiary/aromatic N) is 2. The molecule has 7 nitrogen and oxygen atoms in total. The summed E-state index contributed by atoms with van der Waals surface area (Å²) in [6, 6.07) is 12.1. The van der Waals surface area contributed by atoms with Gasteiger partial charge in [-0.3, -0.25) is 14.9 Å². The number of fused-ring (bicyclic) bond motifs is 1. The lowest BCUT2D eigenvalue weighted by Crippen LogP contribution is -2.32. The van der Waals surface area contributed by atoms with Gasteiger partial charge in [0.2, 0.25) is 0 Å². The molecule has 0 unspecified atom stereocenters. The van der Waals surface area contributed by atoms with Crippen molar-refractivity contribution in [3.63, 3.8) is 0 Å². The minimum Gasteiger partial charge on any atom is -0.409 e. The highest BCUT2D eigenvalue weighted by molar-refractivity contribution is 5.74. The largest absolute Gasteiger partial charge is 0.422 e. The van der Waals surface area contributed by atoms with Gasteiger partial charge in [0.25, 0.3) is 11.2 Å². The number of nitro benzene ring substituents is 1. The van der Waals surface area contributed by atoms with Gasteiger partial charge in [-0.1, -0.05) is 24.3 Å². The first kappa shape index (κ1) is 13.7. The fourth-order valence-corrected chi connectivity index (χ4v) is 2.15. The van der Waals surface area contributed by atoms with Crippen LogP contribution in [-0.2, 0) is 6.54 Å². The minimum atomic E-state index is -0.762. The second-order valence-electron chi connectivity index (χ2n) is 4.68. The van der Waals surface area contributed by atoms with Crippen LogP contribution in [0.4, 0.5) is 5.69 Å². The van der Waals surface area contributed by atoms with Crippen molar-refractivity contribution in [2.75, 3.05) is 0 Å². The Morgan fingerprint density at radius 3 is 2.41 bits per heavy atom. The van der Waals surface area contributed by atoms with E-state index in [4.69, 9.17) is 4.42 Å². The first-order chi connectivity index (χ1) is 10.6. The predicted octanol–water partition coefficient (Wildman–Crippen LogP) is 1.91. The van der Waals surface area contributed by atoms with Crippen LogP contribution >= 0.6 is 0 Å². The van der Waals surface area contributed by atoms with E-state index >= 15 is 0 Å². The van der Waals surface area contributed by atoms with Crippen LogP contribution in [0, 0.1) is 10.1 Å². The van der Waals surface area contributed by atoms with Crippen molar-refractivity contribution in [2.24, 2.45) is 0 Å². The van der Waals surface area contributed by atoms with E-state index in [-0.39, 0.29) is 17.8 Å². The van der Waals surface area contributed by atoms with Crippen molar-refractivity contribution in [3.05, 3.63) is 85.1 Å². The molecule has 0 N–H and O–H groups in total. The Kier molecular flexibility index (Phi) is 3.30. The Labute approximate surface area is 123 Å². The van der Waals surface area contributed by atoms with Crippen LogP contribution in [0.15, 0.2) is 62.5 Å². The molecule has 2 aromatic carbocycles. The molecule has 0 aliphatic rings. The fourth-order valence-electron chi connectivity index (χ4n) is 2.15. The van der Waals surface area contributed by atoms with E-state index in [1.165, 1.54) is 24.3 Å². The maximum Gasteiger partial charge on any atom is 0.422 e. The number of hydrogen-bond acceptors (Lipinski definition) is 5. The van der Waals surface area contributed by atoms with Gasteiger partial charge in [0.15, 0.2) is 0 Å². The Hall–Kier alpha value is -3.22. The molecular formula is C15H10N2O5. The van der Waals surface area contributed by atoms with Crippen molar-refractivity contribution in [1.82, 2.24) is 4.57 Å². The zero-order valence-corrected chi connectivity index (χ0v) is 11.3. The molecule has 0 atom stereocenters. The second kappa shape index (κ2) is 5.28.